The maximum absolute atomic E-state index is 12.9. The highest BCUT2D eigenvalue weighted by atomic mass is 35.5. The standard InChI is InChI=1S/C12H13ClFNO2/c13-11-10(5-9(14)6-15-11)12(16)17-7-8-3-1-2-4-8/h5-6,8H,1-4,7H2. The molecule has 0 atom stereocenters. The first-order valence-electron chi connectivity index (χ1n) is 5.65. The van der Waals surface area contributed by atoms with Gasteiger partial charge < -0.3 is 4.74 Å². The summed E-state index contributed by atoms with van der Waals surface area (Å²) >= 11 is 5.71. The molecule has 0 radical (unpaired) electrons. The first kappa shape index (κ1) is 12.3. The van der Waals surface area contributed by atoms with E-state index in [4.69, 9.17) is 16.3 Å². The molecule has 1 saturated carbocycles. The molecule has 1 aliphatic carbocycles. The Morgan fingerprint density at radius 1 is 1.53 bits per heavy atom. The van der Waals surface area contributed by atoms with Gasteiger partial charge >= 0.3 is 5.97 Å². The molecule has 0 unspecified atom stereocenters. The van der Waals surface area contributed by atoms with E-state index < -0.39 is 11.8 Å². The molecule has 0 aliphatic heterocycles. The lowest BCUT2D eigenvalue weighted by molar-refractivity contribution is 0.0441. The Balaban J connectivity index is 1.96. The number of nitrogens with zero attached hydrogens (tertiary/aromatic N) is 1. The van der Waals surface area contributed by atoms with Gasteiger partial charge in [0.05, 0.1) is 18.4 Å². The number of esters is 1. The molecule has 0 aromatic carbocycles. The molecule has 92 valence electrons. The third-order valence-corrected chi connectivity index (χ3v) is 3.25. The van der Waals surface area contributed by atoms with Crippen LogP contribution in [0.5, 0.6) is 0 Å². The van der Waals surface area contributed by atoms with Crippen molar-refractivity contribution in [2.24, 2.45) is 5.92 Å². The predicted molar refractivity (Wildman–Crippen MR) is 61.4 cm³/mol. The Labute approximate surface area is 104 Å². The maximum atomic E-state index is 12.9. The van der Waals surface area contributed by atoms with Crippen LogP contribution in [-0.2, 0) is 4.74 Å². The second-order valence-electron chi connectivity index (χ2n) is 4.24. The molecule has 0 bridgehead atoms. The van der Waals surface area contributed by atoms with E-state index in [0.29, 0.717) is 12.5 Å². The summed E-state index contributed by atoms with van der Waals surface area (Å²) in [4.78, 5) is 15.2. The highest BCUT2D eigenvalue weighted by Gasteiger charge is 2.19. The largest absolute Gasteiger partial charge is 0.462 e. The van der Waals surface area contributed by atoms with E-state index >= 15 is 0 Å². The van der Waals surface area contributed by atoms with Crippen LogP contribution in [-0.4, -0.2) is 17.6 Å². The lowest BCUT2D eigenvalue weighted by Gasteiger charge is -2.10. The van der Waals surface area contributed by atoms with E-state index in [1.807, 2.05) is 0 Å². The van der Waals surface area contributed by atoms with Crippen LogP contribution in [0.4, 0.5) is 4.39 Å². The monoisotopic (exact) mass is 257 g/mol. The zero-order valence-electron chi connectivity index (χ0n) is 9.29. The summed E-state index contributed by atoms with van der Waals surface area (Å²) in [5.41, 5.74) is -0.00957. The minimum Gasteiger partial charge on any atom is -0.462 e. The van der Waals surface area contributed by atoms with Gasteiger partial charge in [-0.1, -0.05) is 24.4 Å². The van der Waals surface area contributed by atoms with Gasteiger partial charge in [-0.05, 0) is 24.8 Å². The highest BCUT2D eigenvalue weighted by Crippen LogP contribution is 2.25. The summed E-state index contributed by atoms with van der Waals surface area (Å²) in [6, 6.07) is 1.05. The normalized spacial score (nSPS) is 16.1. The number of halogens is 2. The number of ether oxygens (including phenoxy) is 1. The molecule has 5 heteroatoms. The lowest BCUT2D eigenvalue weighted by atomic mass is 10.1. The zero-order valence-corrected chi connectivity index (χ0v) is 10.0. The first-order chi connectivity index (χ1) is 8.16. The first-order valence-corrected chi connectivity index (χ1v) is 6.03. The Morgan fingerprint density at radius 3 is 2.94 bits per heavy atom. The summed E-state index contributed by atoms with van der Waals surface area (Å²) in [7, 11) is 0. The van der Waals surface area contributed by atoms with Gasteiger partial charge in [0.25, 0.3) is 0 Å². The molecular weight excluding hydrogens is 245 g/mol. The van der Waals surface area contributed by atoms with Gasteiger partial charge in [0.1, 0.15) is 11.0 Å². The number of carbonyl (C=O) groups is 1. The fourth-order valence-corrected chi connectivity index (χ4v) is 2.19. The van der Waals surface area contributed by atoms with E-state index in [2.05, 4.69) is 4.98 Å². The fourth-order valence-electron chi connectivity index (χ4n) is 2.01. The molecule has 1 aromatic heterocycles. The average Bonchev–Trinajstić information content (AvgIpc) is 2.82. The van der Waals surface area contributed by atoms with Crippen molar-refractivity contribution < 1.29 is 13.9 Å². The number of hydrogen-bond donors (Lipinski definition) is 0. The molecule has 2 rings (SSSR count). The average molecular weight is 258 g/mol. The van der Waals surface area contributed by atoms with Crippen molar-refractivity contribution in [3.8, 4) is 0 Å². The molecule has 1 aromatic rings. The molecule has 17 heavy (non-hydrogen) atoms. The van der Waals surface area contributed by atoms with Crippen LogP contribution in [0.1, 0.15) is 36.0 Å². The molecular formula is C12H13ClFNO2. The molecule has 1 fully saturated rings. The number of carbonyl (C=O) groups excluding carboxylic acids is 1. The molecule has 0 N–H and O–H groups in total. The number of hydrogen-bond acceptors (Lipinski definition) is 3. The van der Waals surface area contributed by atoms with Crippen LogP contribution in [0.2, 0.25) is 5.15 Å². The smallest absolute Gasteiger partial charge is 0.341 e. The van der Waals surface area contributed by atoms with Crippen LogP contribution < -0.4 is 0 Å². The summed E-state index contributed by atoms with van der Waals surface area (Å²) in [6.07, 6.45) is 5.51. The quantitative estimate of drug-likeness (QED) is 0.616. The minimum atomic E-state index is -0.603. The van der Waals surface area contributed by atoms with E-state index in [-0.39, 0.29) is 10.7 Å². The topological polar surface area (TPSA) is 39.2 Å². The van der Waals surface area contributed by atoms with Crippen molar-refractivity contribution >= 4 is 17.6 Å². The molecule has 0 saturated heterocycles. The summed E-state index contributed by atoms with van der Waals surface area (Å²) < 4.78 is 18.0. The van der Waals surface area contributed by atoms with E-state index in [9.17, 15) is 9.18 Å². The van der Waals surface area contributed by atoms with Crippen molar-refractivity contribution in [2.45, 2.75) is 25.7 Å². The van der Waals surface area contributed by atoms with E-state index in [0.717, 1.165) is 25.1 Å². The molecule has 0 spiro atoms. The van der Waals surface area contributed by atoms with Crippen molar-refractivity contribution in [2.75, 3.05) is 6.61 Å². The number of aromatic nitrogens is 1. The Kier molecular flexibility index (Phi) is 3.94. The Bertz CT molecular complexity index is 419. The van der Waals surface area contributed by atoms with Gasteiger partial charge in [-0.15, -0.1) is 0 Å². The van der Waals surface area contributed by atoms with Gasteiger partial charge in [0, 0.05) is 0 Å². The molecule has 1 aliphatic rings. The maximum Gasteiger partial charge on any atom is 0.341 e. The molecule has 0 amide bonds. The van der Waals surface area contributed by atoms with Crippen LogP contribution in [0.15, 0.2) is 12.3 Å². The van der Waals surface area contributed by atoms with Gasteiger partial charge in [0.2, 0.25) is 0 Å². The van der Waals surface area contributed by atoms with Gasteiger partial charge in [0.15, 0.2) is 0 Å². The number of pyridine rings is 1. The predicted octanol–water partition coefficient (Wildman–Crippen LogP) is 3.22. The number of rotatable bonds is 3. The minimum absolute atomic E-state index is 0.00957. The van der Waals surface area contributed by atoms with Crippen LogP contribution in [0.3, 0.4) is 0 Å². The Hall–Kier alpha value is -1.16. The summed E-state index contributed by atoms with van der Waals surface area (Å²) in [6.45, 7) is 0.381. The second-order valence-corrected chi connectivity index (χ2v) is 4.60. The highest BCUT2D eigenvalue weighted by molar-refractivity contribution is 6.32. The fraction of sp³-hybridized carbons (Fsp3) is 0.500. The second kappa shape index (κ2) is 5.45. The summed E-state index contributed by atoms with van der Waals surface area (Å²) in [5.74, 6) is -0.768. The van der Waals surface area contributed by atoms with Crippen molar-refractivity contribution in [3.05, 3.63) is 28.8 Å². The lowest BCUT2D eigenvalue weighted by Crippen LogP contribution is -2.13. The molecule has 3 nitrogen and oxygen atoms in total. The van der Waals surface area contributed by atoms with E-state index in [1.54, 1.807) is 0 Å². The van der Waals surface area contributed by atoms with Crippen LogP contribution >= 0.6 is 11.6 Å². The van der Waals surface area contributed by atoms with Crippen molar-refractivity contribution in [1.29, 1.82) is 0 Å². The van der Waals surface area contributed by atoms with Gasteiger partial charge in [-0.2, -0.15) is 0 Å². The SMILES string of the molecule is O=C(OCC1CCCC1)c1cc(F)cnc1Cl. The van der Waals surface area contributed by atoms with Gasteiger partial charge in [-0.3, -0.25) is 0 Å². The van der Waals surface area contributed by atoms with Crippen molar-refractivity contribution in [3.63, 3.8) is 0 Å². The van der Waals surface area contributed by atoms with Crippen molar-refractivity contribution in [1.82, 2.24) is 4.98 Å². The van der Waals surface area contributed by atoms with E-state index in [1.165, 1.54) is 12.8 Å². The zero-order chi connectivity index (χ0) is 12.3. The third kappa shape index (κ3) is 3.16. The third-order valence-electron chi connectivity index (χ3n) is 2.95. The van der Waals surface area contributed by atoms with Crippen LogP contribution in [0.25, 0.3) is 0 Å². The van der Waals surface area contributed by atoms with Crippen LogP contribution in [0, 0.1) is 11.7 Å². The van der Waals surface area contributed by atoms with Gasteiger partial charge in [-0.25, -0.2) is 14.2 Å². The Morgan fingerprint density at radius 2 is 2.24 bits per heavy atom. The molecule has 1 heterocycles. The summed E-state index contributed by atoms with van der Waals surface area (Å²) in [5, 5.41) is -0.0252.